The Bertz CT molecular complexity index is 986. The molecule has 0 radical (unpaired) electrons. The maximum atomic E-state index is 12.9. The molecule has 1 N–H and O–H groups in total. The molecule has 0 spiro atoms. The van der Waals surface area contributed by atoms with E-state index in [-0.39, 0.29) is 5.76 Å². The zero-order valence-electron chi connectivity index (χ0n) is 14.4. The molecule has 0 saturated heterocycles. The number of rotatable bonds is 4. The number of halogens is 1. The Kier molecular flexibility index (Phi) is 4.65. The van der Waals surface area contributed by atoms with E-state index in [9.17, 15) is 9.90 Å². The lowest BCUT2D eigenvalue weighted by molar-refractivity contribution is -0.130. The Balaban J connectivity index is 1.81. The lowest BCUT2D eigenvalue weighted by Crippen LogP contribution is -2.30. The van der Waals surface area contributed by atoms with Crippen molar-refractivity contribution in [3.05, 3.63) is 107 Å². The third-order valence-corrected chi connectivity index (χ3v) is 4.88. The van der Waals surface area contributed by atoms with Crippen molar-refractivity contribution in [2.45, 2.75) is 12.6 Å². The molecule has 134 valence electrons. The van der Waals surface area contributed by atoms with E-state index >= 15 is 0 Å². The van der Waals surface area contributed by atoms with Gasteiger partial charge in [0, 0.05) is 16.8 Å². The smallest absolute Gasteiger partial charge is 0.290 e. The van der Waals surface area contributed by atoms with E-state index in [1.165, 1.54) is 0 Å². The van der Waals surface area contributed by atoms with Gasteiger partial charge in [0.05, 0.1) is 18.3 Å². The molecule has 1 aliphatic rings. The molecule has 2 aromatic carbocycles. The zero-order chi connectivity index (χ0) is 18.8. The largest absolute Gasteiger partial charge is 0.503 e. The highest BCUT2D eigenvalue weighted by Crippen LogP contribution is 2.43. The number of carbonyl (C=O) groups is 1. The van der Waals surface area contributed by atoms with Gasteiger partial charge in [-0.3, -0.25) is 9.78 Å². The summed E-state index contributed by atoms with van der Waals surface area (Å²) in [4.78, 5) is 18.9. The van der Waals surface area contributed by atoms with E-state index in [1.54, 1.807) is 23.2 Å². The number of benzene rings is 2. The summed E-state index contributed by atoms with van der Waals surface area (Å²) in [5.41, 5.74) is 3.05. The number of hydrogen-bond donors (Lipinski definition) is 1. The van der Waals surface area contributed by atoms with Crippen molar-refractivity contribution in [1.29, 1.82) is 0 Å². The van der Waals surface area contributed by atoms with E-state index in [2.05, 4.69) is 4.98 Å². The molecule has 0 unspecified atom stereocenters. The average molecular weight is 377 g/mol. The van der Waals surface area contributed by atoms with Crippen LogP contribution in [-0.2, 0) is 11.3 Å². The van der Waals surface area contributed by atoms with Gasteiger partial charge in [0.1, 0.15) is 0 Å². The highest BCUT2D eigenvalue weighted by atomic mass is 35.5. The summed E-state index contributed by atoms with van der Waals surface area (Å²) < 4.78 is 0. The monoisotopic (exact) mass is 376 g/mol. The minimum atomic E-state index is -0.417. The van der Waals surface area contributed by atoms with E-state index < -0.39 is 11.9 Å². The summed E-state index contributed by atoms with van der Waals surface area (Å²) in [6.07, 6.45) is 1.69. The molecule has 3 aromatic rings. The second kappa shape index (κ2) is 7.25. The normalized spacial score (nSPS) is 16.9. The molecule has 4 nitrogen and oxygen atoms in total. The fourth-order valence-electron chi connectivity index (χ4n) is 3.39. The van der Waals surface area contributed by atoms with E-state index in [1.807, 2.05) is 60.7 Å². The molecule has 27 heavy (non-hydrogen) atoms. The summed E-state index contributed by atoms with van der Waals surface area (Å²) in [5.74, 6) is -0.628. The Morgan fingerprint density at radius 2 is 1.67 bits per heavy atom. The van der Waals surface area contributed by atoms with Gasteiger partial charge in [0.15, 0.2) is 5.76 Å². The first-order chi connectivity index (χ1) is 13.1. The van der Waals surface area contributed by atoms with Gasteiger partial charge in [-0.1, -0.05) is 60.1 Å². The summed E-state index contributed by atoms with van der Waals surface area (Å²) >= 11 is 6.04. The maximum absolute atomic E-state index is 12.9. The minimum absolute atomic E-state index is 0.225. The third kappa shape index (κ3) is 3.32. The lowest BCUT2D eigenvalue weighted by Gasteiger charge is -2.27. The topological polar surface area (TPSA) is 53.4 Å². The van der Waals surface area contributed by atoms with Crippen molar-refractivity contribution in [2.24, 2.45) is 0 Å². The van der Waals surface area contributed by atoms with E-state index in [0.29, 0.717) is 17.1 Å². The third-order valence-electron chi connectivity index (χ3n) is 4.63. The van der Waals surface area contributed by atoms with Crippen molar-refractivity contribution in [3.8, 4) is 0 Å². The van der Waals surface area contributed by atoms with Crippen LogP contribution in [0.15, 0.2) is 84.8 Å². The number of aromatic nitrogens is 1. The highest BCUT2D eigenvalue weighted by Gasteiger charge is 2.41. The Morgan fingerprint density at radius 3 is 2.33 bits per heavy atom. The molecule has 0 bridgehead atoms. The van der Waals surface area contributed by atoms with Crippen LogP contribution in [0.5, 0.6) is 0 Å². The number of carbonyl (C=O) groups excluding carboxylic acids is 1. The van der Waals surface area contributed by atoms with Crippen LogP contribution in [0.2, 0.25) is 5.02 Å². The van der Waals surface area contributed by atoms with Crippen LogP contribution in [0.25, 0.3) is 5.57 Å². The van der Waals surface area contributed by atoms with Crippen LogP contribution in [-0.4, -0.2) is 20.9 Å². The zero-order valence-corrected chi connectivity index (χ0v) is 15.2. The maximum Gasteiger partial charge on any atom is 0.290 e. The van der Waals surface area contributed by atoms with E-state index in [4.69, 9.17) is 11.6 Å². The molecular weight excluding hydrogens is 360 g/mol. The molecular formula is C22H17ClN2O2. The average Bonchev–Trinajstić information content (AvgIpc) is 2.95. The first-order valence-corrected chi connectivity index (χ1v) is 8.98. The molecule has 4 rings (SSSR count). The SMILES string of the molecule is O=C1C(O)=C(c2ccccc2)[C@H](c2ccc(Cl)cc2)N1Cc1ccccn1. The van der Waals surface area contributed by atoms with Gasteiger partial charge >= 0.3 is 0 Å². The molecule has 0 fully saturated rings. The van der Waals surface area contributed by atoms with Crippen LogP contribution in [0.4, 0.5) is 0 Å². The van der Waals surface area contributed by atoms with Crippen molar-refractivity contribution >= 4 is 23.1 Å². The molecule has 0 aliphatic carbocycles. The summed E-state index contributed by atoms with van der Waals surface area (Å²) in [5, 5.41) is 11.3. The Hall–Kier alpha value is -3.11. The molecule has 1 aromatic heterocycles. The molecule has 1 amide bonds. The number of hydrogen-bond acceptors (Lipinski definition) is 3. The summed E-state index contributed by atoms with van der Waals surface area (Å²) in [7, 11) is 0. The predicted octanol–water partition coefficient (Wildman–Crippen LogP) is 4.79. The number of pyridine rings is 1. The second-order valence-corrected chi connectivity index (χ2v) is 6.77. The quantitative estimate of drug-likeness (QED) is 0.712. The van der Waals surface area contributed by atoms with Crippen LogP contribution in [0.3, 0.4) is 0 Å². The number of aliphatic hydroxyl groups is 1. The number of aliphatic hydroxyl groups excluding tert-OH is 1. The van der Waals surface area contributed by atoms with Crippen molar-refractivity contribution < 1.29 is 9.90 Å². The van der Waals surface area contributed by atoms with Crippen LogP contribution >= 0.6 is 11.6 Å². The number of nitrogens with zero attached hydrogens (tertiary/aromatic N) is 2. The van der Waals surface area contributed by atoms with Crippen LogP contribution in [0.1, 0.15) is 22.9 Å². The Labute approximate surface area is 162 Å². The van der Waals surface area contributed by atoms with Gasteiger partial charge in [0.2, 0.25) is 0 Å². The minimum Gasteiger partial charge on any atom is -0.503 e. The van der Waals surface area contributed by atoms with Gasteiger partial charge in [0.25, 0.3) is 5.91 Å². The lowest BCUT2D eigenvalue weighted by atomic mass is 9.93. The van der Waals surface area contributed by atoms with Crippen molar-refractivity contribution in [3.63, 3.8) is 0 Å². The van der Waals surface area contributed by atoms with Gasteiger partial charge in [-0.25, -0.2) is 0 Å². The molecule has 0 saturated carbocycles. The summed E-state index contributed by atoms with van der Waals surface area (Å²) in [6, 6.07) is 22.0. The summed E-state index contributed by atoms with van der Waals surface area (Å²) in [6.45, 7) is 0.299. The van der Waals surface area contributed by atoms with Gasteiger partial charge in [-0.05, 0) is 35.4 Å². The van der Waals surface area contributed by atoms with Crippen molar-refractivity contribution in [1.82, 2.24) is 9.88 Å². The van der Waals surface area contributed by atoms with E-state index in [0.717, 1.165) is 16.8 Å². The van der Waals surface area contributed by atoms with Gasteiger partial charge in [-0.2, -0.15) is 0 Å². The first kappa shape index (κ1) is 17.3. The van der Waals surface area contributed by atoms with Gasteiger partial charge in [-0.15, -0.1) is 0 Å². The van der Waals surface area contributed by atoms with Crippen molar-refractivity contribution in [2.75, 3.05) is 0 Å². The molecule has 1 atom stereocenters. The second-order valence-electron chi connectivity index (χ2n) is 6.34. The van der Waals surface area contributed by atoms with Crippen LogP contribution < -0.4 is 0 Å². The molecule has 1 aliphatic heterocycles. The Morgan fingerprint density at radius 1 is 0.963 bits per heavy atom. The highest BCUT2D eigenvalue weighted by molar-refractivity contribution is 6.30. The fourth-order valence-corrected chi connectivity index (χ4v) is 3.51. The number of amides is 1. The van der Waals surface area contributed by atoms with Crippen LogP contribution in [0, 0.1) is 0 Å². The predicted molar refractivity (Wildman–Crippen MR) is 105 cm³/mol. The molecule has 2 heterocycles. The van der Waals surface area contributed by atoms with Gasteiger partial charge < -0.3 is 10.0 Å². The molecule has 5 heteroatoms. The fraction of sp³-hybridized carbons (Fsp3) is 0.0909. The first-order valence-electron chi connectivity index (χ1n) is 8.60. The standard InChI is InChI=1S/C22H17ClN2O2/c23-17-11-9-16(10-12-17)20-19(15-6-2-1-3-7-15)21(26)22(27)25(20)14-18-8-4-5-13-24-18/h1-13,20,26H,14H2/t20-/m0/s1.